The lowest BCUT2D eigenvalue weighted by Gasteiger charge is -2.13. The first-order valence-corrected chi connectivity index (χ1v) is 7.18. The summed E-state index contributed by atoms with van der Waals surface area (Å²) in [5.41, 5.74) is 1.79. The minimum Gasteiger partial charge on any atom is -0.456 e. The number of aryl methyl sites for hydroxylation is 1. The molecule has 0 unspecified atom stereocenters. The first-order valence-electron chi connectivity index (χ1n) is 6.39. The normalized spacial score (nSPS) is 10.6. The van der Waals surface area contributed by atoms with Crippen LogP contribution in [0.1, 0.15) is 18.2 Å². The maximum absolute atomic E-state index is 13.3. The van der Waals surface area contributed by atoms with Gasteiger partial charge in [0.2, 0.25) is 0 Å². The van der Waals surface area contributed by atoms with Crippen LogP contribution in [0.4, 0.5) is 4.39 Å². The average Bonchev–Trinajstić information content (AvgIpc) is 2.42. The molecular weight excluding hydrogens is 323 g/mol. The number of benzene rings is 1. The molecule has 2 aromatic rings. The number of nitrogens with zero attached hydrogens (tertiary/aromatic N) is 1. The van der Waals surface area contributed by atoms with Gasteiger partial charge in [0.1, 0.15) is 17.3 Å². The zero-order chi connectivity index (χ0) is 14.5. The van der Waals surface area contributed by atoms with Gasteiger partial charge in [-0.1, -0.05) is 6.92 Å². The van der Waals surface area contributed by atoms with Crippen LogP contribution in [0.5, 0.6) is 11.5 Å². The Bertz CT molecular complexity index is 604. The van der Waals surface area contributed by atoms with Gasteiger partial charge < -0.3 is 10.1 Å². The van der Waals surface area contributed by atoms with Gasteiger partial charge in [0.15, 0.2) is 0 Å². The van der Waals surface area contributed by atoms with Crippen LogP contribution < -0.4 is 10.1 Å². The molecule has 1 N–H and O–H groups in total. The minimum atomic E-state index is -0.331. The van der Waals surface area contributed by atoms with Gasteiger partial charge in [-0.25, -0.2) is 4.39 Å². The Labute approximate surface area is 126 Å². The van der Waals surface area contributed by atoms with E-state index in [4.69, 9.17) is 4.74 Å². The first-order chi connectivity index (χ1) is 9.60. The molecule has 0 aliphatic carbocycles. The van der Waals surface area contributed by atoms with E-state index in [0.29, 0.717) is 22.5 Å². The molecule has 0 saturated heterocycles. The van der Waals surface area contributed by atoms with E-state index in [1.54, 1.807) is 12.3 Å². The molecule has 0 spiro atoms. The van der Waals surface area contributed by atoms with Crippen molar-refractivity contribution >= 4 is 15.9 Å². The predicted molar refractivity (Wildman–Crippen MR) is 80.5 cm³/mol. The summed E-state index contributed by atoms with van der Waals surface area (Å²) >= 11 is 3.36. The Morgan fingerprint density at radius 1 is 1.30 bits per heavy atom. The summed E-state index contributed by atoms with van der Waals surface area (Å²) < 4.78 is 19.8. The van der Waals surface area contributed by atoms with Crippen LogP contribution in [0.25, 0.3) is 0 Å². The number of ether oxygens (including phenoxy) is 1. The Morgan fingerprint density at radius 2 is 2.10 bits per heavy atom. The lowest BCUT2D eigenvalue weighted by atomic mass is 10.2. The quantitative estimate of drug-likeness (QED) is 0.887. The Balaban J connectivity index is 2.31. The van der Waals surface area contributed by atoms with Gasteiger partial charge in [-0.3, -0.25) is 4.98 Å². The Hall–Kier alpha value is -1.46. The second-order valence-corrected chi connectivity index (χ2v) is 5.24. The van der Waals surface area contributed by atoms with Gasteiger partial charge in [0.05, 0.1) is 4.47 Å². The van der Waals surface area contributed by atoms with Crippen LogP contribution in [0.3, 0.4) is 0 Å². The van der Waals surface area contributed by atoms with E-state index < -0.39 is 0 Å². The third kappa shape index (κ3) is 3.77. The van der Waals surface area contributed by atoms with Gasteiger partial charge in [-0.2, -0.15) is 0 Å². The van der Waals surface area contributed by atoms with Crippen LogP contribution >= 0.6 is 15.9 Å². The lowest BCUT2D eigenvalue weighted by molar-refractivity contribution is 0.463. The number of hydrogen-bond donors (Lipinski definition) is 1. The maximum Gasteiger partial charge on any atom is 0.144 e. The van der Waals surface area contributed by atoms with E-state index >= 15 is 0 Å². The summed E-state index contributed by atoms with van der Waals surface area (Å²) in [5, 5.41) is 3.23. The van der Waals surface area contributed by atoms with E-state index in [9.17, 15) is 4.39 Å². The second-order valence-electron chi connectivity index (χ2n) is 4.39. The van der Waals surface area contributed by atoms with Crippen molar-refractivity contribution in [3.63, 3.8) is 0 Å². The van der Waals surface area contributed by atoms with Gasteiger partial charge in [-0.05, 0) is 41.5 Å². The van der Waals surface area contributed by atoms with Crippen molar-refractivity contribution in [2.45, 2.75) is 20.4 Å². The average molecular weight is 339 g/mol. The molecule has 1 aromatic carbocycles. The van der Waals surface area contributed by atoms with Crippen LogP contribution in [-0.4, -0.2) is 11.5 Å². The van der Waals surface area contributed by atoms with Gasteiger partial charge in [0.25, 0.3) is 0 Å². The molecule has 0 aliphatic heterocycles. The standard InChI is InChI=1S/C15H16BrFN2O/c1-3-18-8-11-9-19-10(2)6-14(11)20-15-7-12(17)4-5-13(15)16/h4-7,9,18H,3,8H2,1-2H3. The smallest absolute Gasteiger partial charge is 0.144 e. The molecule has 3 nitrogen and oxygen atoms in total. The molecule has 0 saturated carbocycles. The van der Waals surface area contributed by atoms with Gasteiger partial charge in [-0.15, -0.1) is 0 Å². The third-order valence-corrected chi connectivity index (χ3v) is 3.41. The van der Waals surface area contributed by atoms with Crippen LogP contribution in [0, 0.1) is 12.7 Å². The summed E-state index contributed by atoms with van der Waals surface area (Å²) in [6.45, 7) is 5.44. The largest absolute Gasteiger partial charge is 0.456 e. The number of aromatic nitrogens is 1. The molecule has 0 radical (unpaired) electrons. The summed E-state index contributed by atoms with van der Waals surface area (Å²) in [6.07, 6.45) is 1.78. The highest BCUT2D eigenvalue weighted by Gasteiger charge is 2.09. The molecule has 0 fully saturated rings. The Kier molecular flexibility index (Phi) is 5.09. The molecule has 20 heavy (non-hydrogen) atoms. The topological polar surface area (TPSA) is 34.2 Å². The summed E-state index contributed by atoms with van der Waals surface area (Å²) in [6, 6.07) is 6.22. The number of hydrogen-bond acceptors (Lipinski definition) is 3. The summed E-state index contributed by atoms with van der Waals surface area (Å²) in [4.78, 5) is 4.27. The second kappa shape index (κ2) is 6.81. The number of nitrogens with one attached hydrogen (secondary N) is 1. The molecule has 1 aromatic heterocycles. The summed E-state index contributed by atoms with van der Waals surface area (Å²) in [5.74, 6) is 0.806. The fourth-order valence-corrected chi connectivity index (χ4v) is 2.05. The number of halogens is 2. The van der Waals surface area contributed by atoms with Crippen molar-refractivity contribution in [3.8, 4) is 11.5 Å². The first kappa shape index (κ1) is 14.9. The van der Waals surface area contributed by atoms with E-state index in [2.05, 4.69) is 26.2 Å². The third-order valence-electron chi connectivity index (χ3n) is 2.76. The number of pyridine rings is 1. The van der Waals surface area contributed by atoms with Crippen molar-refractivity contribution in [1.29, 1.82) is 0 Å². The van der Waals surface area contributed by atoms with Crippen LogP contribution in [0.15, 0.2) is 34.9 Å². The molecule has 2 rings (SSSR count). The summed E-state index contributed by atoms with van der Waals surface area (Å²) in [7, 11) is 0. The van der Waals surface area contributed by atoms with Crippen molar-refractivity contribution in [1.82, 2.24) is 10.3 Å². The van der Waals surface area contributed by atoms with Crippen LogP contribution in [0.2, 0.25) is 0 Å². The minimum absolute atomic E-state index is 0.331. The highest BCUT2D eigenvalue weighted by Crippen LogP contribution is 2.32. The van der Waals surface area contributed by atoms with Crippen molar-refractivity contribution < 1.29 is 9.13 Å². The fourth-order valence-electron chi connectivity index (χ4n) is 1.72. The molecule has 1 heterocycles. The SMILES string of the molecule is CCNCc1cnc(C)cc1Oc1cc(F)ccc1Br. The zero-order valence-corrected chi connectivity index (χ0v) is 13.0. The highest BCUT2D eigenvalue weighted by molar-refractivity contribution is 9.10. The monoisotopic (exact) mass is 338 g/mol. The molecule has 5 heteroatoms. The molecule has 0 aliphatic rings. The van der Waals surface area contributed by atoms with E-state index in [1.807, 2.05) is 19.9 Å². The van der Waals surface area contributed by atoms with Crippen molar-refractivity contribution in [2.24, 2.45) is 0 Å². The van der Waals surface area contributed by atoms with E-state index in [-0.39, 0.29) is 5.82 Å². The lowest BCUT2D eigenvalue weighted by Crippen LogP contribution is -2.12. The van der Waals surface area contributed by atoms with E-state index in [1.165, 1.54) is 12.1 Å². The van der Waals surface area contributed by atoms with E-state index in [0.717, 1.165) is 17.8 Å². The predicted octanol–water partition coefficient (Wildman–Crippen LogP) is 4.19. The van der Waals surface area contributed by atoms with Crippen LogP contribution in [-0.2, 0) is 6.54 Å². The highest BCUT2D eigenvalue weighted by atomic mass is 79.9. The molecule has 0 amide bonds. The molecular formula is C15H16BrFN2O. The fraction of sp³-hybridized carbons (Fsp3) is 0.267. The molecule has 0 bridgehead atoms. The number of rotatable bonds is 5. The van der Waals surface area contributed by atoms with Gasteiger partial charge in [0, 0.05) is 36.1 Å². The van der Waals surface area contributed by atoms with Crippen molar-refractivity contribution in [2.75, 3.05) is 6.54 Å². The zero-order valence-electron chi connectivity index (χ0n) is 11.4. The van der Waals surface area contributed by atoms with Crippen molar-refractivity contribution in [3.05, 3.63) is 52.0 Å². The Morgan fingerprint density at radius 3 is 2.85 bits per heavy atom. The van der Waals surface area contributed by atoms with Gasteiger partial charge >= 0.3 is 0 Å². The molecule has 106 valence electrons. The maximum atomic E-state index is 13.3. The molecule has 0 atom stereocenters.